The minimum absolute atomic E-state index is 0.0199. The first-order valence-electron chi connectivity index (χ1n) is 6.79. The summed E-state index contributed by atoms with van der Waals surface area (Å²) in [6.45, 7) is 8.22. The van der Waals surface area contributed by atoms with Gasteiger partial charge in [-0.1, -0.05) is 20.8 Å². The predicted octanol–water partition coefficient (Wildman–Crippen LogP) is 2.69. The van der Waals surface area contributed by atoms with Crippen LogP contribution in [0.2, 0.25) is 0 Å². The molecule has 1 aromatic heterocycles. The molecule has 2 rings (SSSR count). The van der Waals surface area contributed by atoms with Crippen LogP contribution in [0.15, 0.2) is 33.6 Å². The van der Waals surface area contributed by atoms with Crippen molar-refractivity contribution in [1.29, 1.82) is 0 Å². The van der Waals surface area contributed by atoms with Crippen LogP contribution in [0.4, 0.5) is 0 Å². The topological polar surface area (TPSA) is 71.7 Å². The SMILES string of the molecule is Cc1c(C(C)(C)C)s/c(=N/S(=O)(=O)c2ccc(O)cc2)n1C. The lowest BCUT2D eigenvalue weighted by molar-refractivity contribution is 0.475. The number of phenols is 1. The number of sulfonamides is 1. The molecule has 0 saturated carbocycles. The Balaban J connectivity index is 2.61. The lowest BCUT2D eigenvalue weighted by Gasteiger charge is -2.17. The molecular formula is C15H20N2O3S2. The summed E-state index contributed by atoms with van der Waals surface area (Å²) in [5, 5.41) is 9.26. The highest BCUT2D eigenvalue weighted by atomic mass is 32.2. The van der Waals surface area contributed by atoms with Crippen molar-refractivity contribution in [3.05, 3.63) is 39.6 Å². The van der Waals surface area contributed by atoms with E-state index in [1.807, 2.05) is 14.0 Å². The molecule has 0 saturated heterocycles. The molecule has 120 valence electrons. The van der Waals surface area contributed by atoms with Gasteiger partial charge in [-0.3, -0.25) is 0 Å². The van der Waals surface area contributed by atoms with Gasteiger partial charge in [0, 0.05) is 17.6 Å². The molecule has 0 aliphatic heterocycles. The molecule has 0 radical (unpaired) electrons. The van der Waals surface area contributed by atoms with Crippen molar-refractivity contribution in [2.75, 3.05) is 0 Å². The number of hydrogen-bond acceptors (Lipinski definition) is 4. The second-order valence-corrected chi connectivity index (χ2v) is 8.75. The number of benzene rings is 1. The highest BCUT2D eigenvalue weighted by Crippen LogP contribution is 2.28. The highest BCUT2D eigenvalue weighted by molar-refractivity contribution is 7.90. The first-order valence-corrected chi connectivity index (χ1v) is 9.05. The fourth-order valence-electron chi connectivity index (χ4n) is 2.08. The molecule has 0 bridgehead atoms. The zero-order valence-electron chi connectivity index (χ0n) is 13.3. The van der Waals surface area contributed by atoms with E-state index in [0.29, 0.717) is 4.80 Å². The maximum atomic E-state index is 12.4. The monoisotopic (exact) mass is 340 g/mol. The fourth-order valence-corrected chi connectivity index (χ4v) is 4.48. The van der Waals surface area contributed by atoms with Crippen LogP contribution < -0.4 is 4.80 Å². The predicted molar refractivity (Wildman–Crippen MR) is 87.6 cm³/mol. The van der Waals surface area contributed by atoms with E-state index in [0.717, 1.165) is 10.6 Å². The third kappa shape index (κ3) is 3.25. The molecule has 0 amide bonds. The second kappa shape index (κ2) is 5.55. The first kappa shape index (κ1) is 16.8. The summed E-state index contributed by atoms with van der Waals surface area (Å²) in [5.41, 5.74) is 0.944. The van der Waals surface area contributed by atoms with Crippen LogP contribution in [-0.4, -0.2) is 18.1 Å². The molecule has 2 aromatic rings. The molecule has 1 aromatic carbocycles. The third-order valence-electron chi connectivity index (χ3n) is 3.33. The minimum Gasteiger partial charge on any atom is -0.508 e. The van der Waals surface area contributed by atoms with Crippen molar-refractivity contribution in [2.24, 2.45) is 11.4 Å². The molecule has 7 heteroatoms. The number of nitrogens with zero attached hydrogens (tertiary/aromatic N) is 2. The lowest BCUT2D eigenvalue weighted by Crippen LogP contribution is -2.15. The van der Waals surface area contributed by atoms with Crippen molar-refractivity contribution < 1.29 is 13.5 Å². The van der Waals surface area contributed by atoms with Crippen molar-refractivity contribution in [3.8, 4) is 5.75 Å². The van der Waals surface area contributed by atoms with Gasteiger partial charge in [0.2, 0.25) is 4.80 Å². The molecule has 0 fully saturated rings. The van der Waals surface area contributed by atoms with Crippen LogP contribution in [-0.2, 0) is 22.5 Å². The zero-order valence-corrected chi connectivity index (χ0v) is 14.9. The van der Waals surface area contributed by atoms with Crippen molar-refractivity contribution >= 4 is 21.4 Å². The van der Waals surface area contributed by atoms with E-state index in [2.05, 4.69) is 25.2 Å². The summed E-state index contributed by atoms with van der Waals surface area (Å²) in [7, 11) is -1.99. The summed E-state index contributed by atoms with van der Waals surface area (Å²) in [6, 6.07) is 5.36. The van der Waals surface area contributed by atoms with E-state index >= 15 is 0 Å². The van der Waals surface area contributed by atoms with Gasteiger partial charge < -0.3 is 9.67 Å². The largest absolute Gasteiger partial charge is 0.508 e. The number of hydrogen-bond donors (Lipinski definition) is 1. The van der Waals surface area contributed by atoms with E-state index in [9.17, 15) is 13.5 Å². The molecule has 0 atom stereocenters. The standard InChI is InChI=1S/C15H20N2O3S2/c1-10-13(15(2,3)4)21-14(17(10)5)16-22(19,20)12-8-6-11(18)7-9-12/h6-9,18H,1-5H3/b16-14+. The second-order valence-electron chi connectivity index (χ2n) is 6.17. The molecule has 0 aliphatic carbocycles. The normalized spacial score (nSPS) is 13.6. The van der Waals surface area contributed by atoms with E-state index < -0.39 is 10.0 Å². The van der Waals surface area contributed by atoms with Crippen molar-refractivity contribution in [1.82, 2.24) is 4.57 Å². The van der Waals surface area contributed by atoms with Gasteiger partial charge in [0.15, 0.2) is 0 Å². The summed E-state index contributed by atoms with van der Waals surface area (Å²) < 4.78 is 30.5. The number of phenolic OH excluding ortho intramolecular Hbond substituents is 1. The quantitative estimate of drug-likeness (QED) is 0.913. The Morgan fingerprint density at radius 2 is 1.73 bits per heavy atom. The molecular weight excluding hydrogens is 320 g/mol. The summed E-state index contributed by atoms with van der Waals surface area (Å²) in [4.78, 5) is 1.61. The highest BCUT2D eigenvalue weighted by Gasteiger charge is 2.22. The number of aromatic nitrogens is 1. The van der Waals surface area contributed by atoms with E-state index in [1.165, 1.54) is 35.6 Å². The van der Waals surface area contributed by atoms with Crippen LogP contribution in [0, 0.1) is 6.92 Å². The van der Waals surface area contributed by atoms with Crippen LogP contribution in [0.1, 0.15) is 31.3 Å². The molecule has 0 unspecified atom stereocenters. The van der Waals surface area contributed by atoms with Gasteiger partial charge in [-0.15, -0.1) is 15.7 Å². The Kier molecular flexibility index (Phi) is 4.23. The lowest BCUT2D eigenvalue weighted by atomic mass is 9.93. The van der Waals surface area contributed by atoms with Gasteiger partial charge in [-0.25, -0.2) is 0 Å². The van der Waals surface area contributed by atoms with E-state index in [1.54, 1.807) is 4.57 Å². The van der Waals surface area contributed by atoms with E-state index in [-0.39, 0.29) is 16.1 Å². The van der Waals surface area contributed by atoms with Crippen LogP contribution >= 0.6 is 11.3 Å². The molecule has 0 spiro atoms. The van der Waals surface area contributed by atoms with Gasteiger partial charge in [-0.05, 0) is 36.6 Å². The van der Waals surface area contributed by atoms with Crippen molar-refractivity contribution in [3.63, 3.8) is 0 Å². The Morgan fingerprint density at radius 3 is 2.18 bits per heavy atom. The summed E-state index contributed by atoms with van der Waals surface area (Å²) >= 11 is 1.39. The average Bonchev–Trinajstić information content (AvgIpc) is 2.67. The smallest absolute Gasteiger partial charge is 0.285 e. The molecule has 1 N–H and O–H groups in total. The maximum Gasteiger partial charge on any atom is 0.285 e. The van der Waals surface area contributed by atoms with E-state index in [4.69, 9.17) is 0 Å². The summed E-state index contributed by atoms with van der Waals surface area (Å²) in [6.07, 6.45) is 0. The number of aromatic hydroxyl groups is 1. The van der Waals surface area contributed by atoms with Crippen LogP contribution in [0.3, 0.4) is 0 Å². The third-order valence-corrected chi connectivity index (χ3v) is 6.38. The van der Waals surface area contributed by atoms with Gasteiger partial charge >= 0.3 is 0 Å². The molecule has 5 nitrogen and oxygen atoms in total. The van der Waals surface area contributed by atoms with Gasteiger partial charge in [-0.2, -0.15) is 8.42 Å². The minimum atomic E-state index is -3.80. The first-order chi connectivity index (χ1) is 10.0. The van der Waals surface area contributed by atoms with Gasteiger partial charge in [0.1, 0.15) is 5.75 Å². The maximum absolute atomic E-state index is 12.4. The molecule has 0 aliphatic rings. The zero-order chi connectivity index (χ0) is 16.7. The van der Waals surface area contributed by atoms with Crippen LogP contribution in [0.25, 0.3) is 0 Å². The average molecular weight is 340 g/mol. The molecule has 22 heavy (non-hydrogen) atoms. The Morgan fingerprint density at radius 1 is 1.18 bits per heavy atom. The fraction of sp³-hybridized carbons (Fsp3) is 0.400. The van der Waals surface area contributed by atoms with Crippen molar-refractivity contribution in [2.45, 2.75) is 38.0 Å². The Hall–Kier alpha value is -1.60. The number of thiazole rings is 1. The van der Waals surface area contributed by atoms with Gasteiger partial charge in [0.25, 0.3) is 10.0 Å². The van der Waals surface area contributed by atoms with Gasteiger partial charge in [0.05, 0.1) is 4.90 Å². The summed E-state index contributed by atoms with van der Waals surface area (Å²) in [5.74, 6) is 0.0199. The van der Waals surface area contributed by atoms with Crippen LogP contribution in [0.5, 0.6) is 5.75 Å². The molecule has 1 heterocycles. The Labute approximate surface area is 134 Å². The Bertz CT molecular complexity index is 852. The number of rotatable bonds is 2.